The van der Waals surface area contributed by atoms with Crippen LogP contribution in [0.5, 0.6) is 17.2 Å². The summed E-state index contributed by atoms with van der Waals surface area (Å²) >= 11 is 3.53. The molecule has 2 N–H and O–H groups in total. The molecule has 0 amide bonds. The van der Waals surface area contributed by atoms with Crippen molar-refractivity contribution in [2.45, 2.75) is 25.4 Å². The summed E-state index contributed by atoms with van der Waals surface area (Å²) in [7, 11) is 4.62. The van der Waals surface area contributed by atoms with Gasteiger partial charge in [-0.2, -0.15) is 0 Å². The van der Waals surface area contributed by atoms with Crippen molar-refractivity contribution in [3.05, 3.63) is 68.2 Å². The van der Waals surface area contributed by atoms with E-state index in [1.807, 2.05) is 31.2 Å². The van der Waals surface area contributed by atoms with Crippen molar-refractivity contribution in [1.82, 2.24) is 0 Å². The molecule has 0 aliphatic heterocycles. The second kappa shape index (κ2) is 7.12. The summed E-state index contributed by atoms with van der Waals surface area (Å²) in [5.41, 5.74) is 2.44. The molecule has 0 unspecified atom stereocenters. The van der Waals surface area contributed by atoms with E-state index in [0.29, 0.717) is 44.8 Å². The van der Waals surface area contributed by atoms with Gasteiger partial charge in [-0.15, -0.1) is 0 Å². The topological polar surface area (TPSA) is 85.2 Å². The van der Waals surface area contributed by atoms with E-state index >= 15 is 0 Å². The number of hydrogen-bond donors (Lipinski definition) is 2. The van der Waals surface area contributed by atoms with E-state index < -0.39 is 17.4 Å². The molecule has 1 spiro atoms. The van der Waals surface area contributed by atoms with Crippen LogP contribution in [0.3, 0.4) is 0 Å². The molecule has 4 aliphatic carbocycles. The smallest absolute Gasteiger partial charge is 0.174 e. The Morgan fingerprint density at radius 1 is 1.09 bits per heavy atom. The zero-order valence-electron chi connectivity index (χ0n) is 18.2. The molecule has 6 nitrogen and oxygen atoms in total. The van der Waals surface area contributed by atoms with Gasteiger partial charge >= 0.3 is 0 Å². The van der Waals surface area contributed by atoms with Gasteiger partial charge in [0.05, 0.1) is 49.9 Å². The number of ether oxygens (including phenoxy) is 3. The predicted octanol–water partition coefficient (Wildman–Crippen LogP) is 4.56. The van der Waals surface area contributed by atoms with Gasteiger partial charge in [-0.05, 0) is 58.1 Å². The molecule has 166 valence electrons. The van der Waals surface area contributed by atoms with E-state index in [2.05, 4.69) is 15.9 Å². The number of Topliss-reactive ketones (excluding diaryl/α,β-unsaturated/α-hetero) is 1. The molecule has 4 aliphatic rings. The standard InChI is InChI=1S/C25H23BrO6/c1-11-7-14-18(15(8-11)30-2)22(28)19-21(27)13-5-6-25(19,24(14)29)10-12-9-16(31-3)20(26)23(32-4)17(12)13/h5-9,13,24,28-29H,10H2,1-4H3/t13-,24+,25-/m0/s1. The lowest BCUT2D eigenvalue weighted by Crippen LogP contribution is -2.40. The van der Waals surface area contributed by atoms with Crippen molar-refractivity contribution in [2.24, 2.45) is 5.41 Å². The summed E-state index contributed by atoms with van der Waals surface area (Å²) in [6.45, 7) is 1.90. The highest BCUT2D eigenvalue weighted by molar-refractivity contribution is 9.10. The van der Waals surface area contributed by atoms with Crippen molar-refractivity contribution in [1.29, 1.82) is 0 Å². The Hall–Kier alpha value is -2.77. The number of aryl methyl sites for hydroxylation is 1. The number of rotatable bonds is 3. The van der Waals surface area contributed by atoms with Crippen molar-refractivity contribution in [3.63, 3.8) is 0 Å². The Balaban J connectivity index is 1.86. The second-order valence-corrected chi connectivity index (χ2v) is 9.27. The number of ketones is 1. The molecule has 2 aromatic carbocycles. The zero-order chi connectivity index (χ0) is 22.9. The van der Waals surface area contributed by atoms with Crippen molar-refractivity contribution < 1.29 is 29.2 Å². The summed E-state index contributed by atoms with van der Waals surface area (Å²) in [5.74, 6) is 0.462. The first-order valence-electron chi connectivity index (χ1n) is 10.3. The van der Waals surface area contributed by atoms with Crippen LogP contribution in [0.1, 0.15) is 39.8 Å². The summed E-state index contributed by atoms with van der Waals surface area (Å²) in [5, 5.41) is 23.1. The highest BCUT2D eigenvalue weighted by atomic mass is 79.9. The van der Waals surface area contributed by atoms with Gasteiger partial charge in [0.25, 0.3) is 0 Å². The van der Waals surface area contributed by atoms with Crippen LogP contribution in [-0.2, 0) is 11.2 Å². The minimum absolute atomic E-state index is 0.140. The van der Waals surface area contributed by atoms with E-state index in [0.717, 1.165) is 11.1 Å². The Labute approximate surface area is 194 Å². The van der Waals surface area contributed by atoms with Gasteiger partial charge in [-0.3, -0.25) is 4.79 Å². The van der Waals surface area contributed by atoms with Crippen LogP contribution in [0, 0.1) is 12.3 Å². The fraction of sp³-hybridized carbons (Fsp3) is 0.320. The molecule has 7 heteroatoms. The molecule has 2 aromatic rings. The number of fused-ring (bicyclic) bond motifs is 1. The molecule has 2 bridgehead atoms. The third-order valence-corrected chi connectivity index (χ3v) is 7.61. The highest BCUT2D eigenvalue weighted by Gasteiger charge is 2.56. The van der Waals surface area contributed by atoms with Gasteiger partial charge in [-0.1, -0.05) is 18.2 Å². The van der Waals surface area contributed by atoms with E-state index in [4.69, 9.17) is 14.2 Å². The first-order chi connectivity index (χ1) is 15.3. The van der Waals surface area contributed by atoms with Gasteiger partial charge in [0.2, 0.25) is 0 Å². The van der Waals surface area contributed by atoms with E-state index in [-0.39, 0.29) is 17.1 Å². The summed E-state index contributed by atoms with van der Waals surface area (Å²) in [4.78, 5) is 13.8. The van der Waals surface area contributed by atoms with Gasteiger partial charge < -0.3 is 24.4 Å². The average molecular weight is 499 g/mol. The number of allylic oxidation sites excluding steroid dienone is 1. The maximum Gasteiger partial charge on any atom is 0.174 e. The van der Waals surface area contributed by atoms with E-state index in [1.54, 1.807) is 20.3 Å². The summed E-state index contributed by atoms with van der Waals surface area (Å²) in [6, 6.07) is 5.49. The Bertz CT molecular complexity index is 1240. The van der Waals surface area contributed by atoms with Crippen LogP contribution in [0.4, 0.5) is 0 Å². The van der Waals surface area contributed by atoms with Crippen LogP contribution >= 0.6 is 15.9 Å². The number of halogens is 1. The van der Waals surface area contributed by atoms with Crippen molar-refractivity contribution >= 4 is 27.5 Å². The lowest BCUT2D eigenvalue weighted by molar-refractivity contribution is -0.118. The fourth-order valence-corrected chi connectivity index (χ4v) is 6.15. The lowest BCUT2D eigenvalue weighted by atomic mass is 9.61. The molecule has 0 saturated carbocycles. The van der Waals surface area contributed by atoms with Crippen LogP contribution < -0.4 is 14.2 Å². The quantitative estimate of drug-likeness (QED) is 0.603. The number of carbonyl (C=O) groups excluding carboxylic acids is 1. The number of aliphatic hydroxyl groups is 2. The van der Waals surface area contributed by atoms with E-state index in [9.17, 15) is 15.0 Å². The van der Waals surface area contributed by atoms with Crippen molar-refractivity contribution in [2.75, 3.05) is 21.3 Å². The van der Waals surface area contributed by atoms with E-state index in [1.165, 1.54) is 7.11 Å². The average Bonchev–Trinajstić information content (AvgIpc) is 3.00. The van der Waals surface area contributed by atoms with Gasteiger partial charge in [0.15, 0.2) is 5.78 Å². The third-order valence-electron chi connectivity index (χ3n) is 6.86. The number of aliphatic hydroxyl groups excluding tert-OH is 2. The Kier molecular flexibility index (Phi) is 4.69. The van der Waals surface area contributed by atoms with Crippen LogP contribution in [-0.4, -0.2) is 37.3 Å². The first-order valence-corrected chi connectivity index (χ1v) is 11.1. The molecule has 6 rings (SSSR count). The normalized spacial score (nSPS) is 25.1. The molecule has 32 heavy (non-hydrogen) atoms. The second-order valence-electron chi connectivity index (χ2n) is 8.47. The zero-order valence-corrected chi connectivity index (χ0v) is 19.7. The van der Waals surface area contributed by atoms with Crippen LogP contribution in [0.25, 0.3) is 5.76 Å². The van der Waals surface area contributed by atoms with Gasteiger partial charge in [-0.25, -0.2) is 0 Å². The van der Waals surface area contributed by atoms with Gasteiger partial charge in [0.1, 0.15) is 27.5 Å². The van der Waals surface area contributed by atoms with Crippen LogP contribution in [0.2, 0.25) is 0 Å². The van der Waals surface area contributed by atoms with Crippen LogP contribution in [0.15, 0.2) is 40.4 Å². The third kappa shape index (κ3) is 2.52. The Morgan fingerprint density at radius 3 is 2.47 bits per heavy atom. The number of carbonyl (C=O) groups is 1. The summed E-state index contributed by atoms with van der Waals surface area (Å²) < 4.78 is 17.3. The molecule has 3 atom stereocenters. The minimum atomic E-state index is -1.11. The van der Waals surface area contributed by atoms with Crippen molar-refractivity contribution in [3.8, 4) is 17.2 Å². The molecular formula is C25H23BrO6. The maximum absolute atomic E-state index is 13.8. The largest absolute Gasteiger partial charge is 0.507 e. The highest BCUT2D eigenvalue weighted by Crippen LogP contribution is 2.61. The lowest BCUT2D eigenvalue weighted by Gasteiger charge is -2.43. The minimum Gasteiger partial charge on any atom is -0.507 e. The van der Waals surface area contributed by atoms with Gasteiger partial charge in [0, 0.05) is 5.56 Å². The fourth-order valence-electron chi connectivity index (χ4n) is 5.50. The first kappa shape index (κ1) is 21.1. The number of hydrogen-bond acceptors (Lipinski definition) is 6. The molecule has 0 fully saturated rings. The number of benzene rings is 2. The molecule has 0 radical (unpaired) electrons. The monoisotopic (exact) mass is 498 g/mol. The molecule has 0 heterocycles. The molecular weight excluding hydrogens is 476 g/mol. The Morgan fingerprint density at radius 2 is 1.81 bits per heavy atom. The SMILES string of the molecule is COc1cc2c(c(OC)c1Br)[C@@H]1C=C[C@]3(C2)C(=C(O)c2c(OC)cc(C)cc2[C@H]3O)C1=O. The maximum atomic E-state index is 13.8. The number of methoxy groups -OCH3 is 3. The molecule has 0 aromatic heterocycles. The predicted molar refractivity (Wildman–Crippen MR) is 123 cm³/mol. The summed E-state index contributed by atoms with van der Waals surface area (Å²) in [6.07, 6.45) is 2.93. The molecule has 0 saturated heterocycles.